The lowest BCUT2D eigenvalue weighted by molar-refractivity contribution is -0.137. The topological polar surface area (TPSA) is 26.0 Å². The fourth-order valence-corrected chi connectivity index (χ4v) is 1.32. The van der Waals surface area contributed by atoms with Crippen LogP contribution >= 0.6 is 0 Å². The van der Waals surface area contributed by atoms with Crippen molar-refractivity contribution in [2.75, 3.05) is 0 Å². The zero-order valence-electron chi connectivity index (χ0n) is 8.38. The van der Waals surface area contributed by atoms with Crippen LogP contribution in [0.5, 0.6) is 0 Å². The van der Waals surface area contributed by atoms with Gasteiger partial charge in [-0.1, -0.05) is 6.07 Å². The number of hydrogen-bond donors (Lipinski definition) is 0. The summed E-state index contributed by atoms with van der Waals surface area (Å²) in [5.74, 6) is 0.198. The smallest absolute Gasteiger partial charge is 0.416 e. The molecule has 2 nitrogen and oxygen atoms in total. The molecule has 16 heavy (non-hydrogen) atoms. The number of halogens is 3. The second kappa shape index (κ2) is 3.66. The first kappa shape index (κ1) is 10.7. The van der Waals surface area contributed by atoms with Gasteiger partial charge in [0, 0.05) is 5.56 Å². The number of benzene rings is 1. The number of rotatable bonds is 1. The highest BCUT2D eigenvalue weighted by Crippen LogP contribution is 2.31. The zero-order valence-corrected chi connectivity index (χ0v) is 8.38. The molecule has 1 aromatic heterocycles. The first-order valence-corrected chi connectivity index (χ1v) is 4.56. The first-order chi connectivity index (χ1) is 7.47. The number of aromatic nitrogens is 1. The van der Waals surface area contributed by atoms with Gasteiger partial charge in [-0.2, -0.15) is 13.2 Å². The second-order valence-corrected chi connectivity index (χ2v) is 3.37. The predicted molar refractivity (Wildman–Crippen MR) is 51.7 cm³/mol. The van der Waals surface area contributed by atoms with E-state index in [0.717, 1.165) is 12.1 Å². The minimum atomic E-state index is -4.35. The standard InChI is InChI=1S/C11H8F3NO/c1-7-6-16-10(15-7)8-3-2-4-9(5-8)11(12,13)14/h2-6H,1H3. The molecule has 2 rings (SSSR count). The largest absolute Gasteiger partial charge is 0.444 e. The lowest BCUT2D eigenvalue weighted by atomic mass is 10.1. The van der Waals surface area contributed by atoms with Crippen molar-refractivity contribution in [1.29, 1.82) is 0 Å². The van der Waals surface area contributed by atoms with Crippen molar-refractivity contribution in [3.63, 3.8) is 0 Å². The maximum atomic E-state index is 12.4. The van der Waals surface area contributed by atoms with E-state index in [1.165, 1.54) is 18.4 Å². The summed E-state index contributed by atoms with van der Waals surface area (Å²) < 4.78 is 42.4. The number of aryl methyl sites for hydroxylation is 1. The van der Waals surface area contributed by atoms with E-state index in [2.05, 4.69) is 4.98 Å². The second-order valence-electron chi connectivity index (χ2n) is 3.37. The zero-order chi connectivity index (χ0) is 11.8. The van der Waals surface area contributed by atoms with Crippen LogP contribution in [0.3, 0.4) is 0 Å². The van der Waals surface area contributed by atoms with Crippen LogP contribution in [-0.4, -0.2) is 4.98 Å². The van der Waals surface area contributed by atoms with Gasteiger partial charge >= 0.3 is 6.18 Å². The summed E-state index contributed by atoms with van der Waals surface area (Å²) in [6.45, 7) is 1.71. The van der Waals surface area contributed by atoms with Gasteiger partial charge in [0.15, 0.2) is 0 Å². The molecule has 0 bridgehead atoms. The molecule has 0 aliphatic rings. The Labute approximate surface area is 89.7 Å². The third-order valence-electron chi connectivity index (χ3n) is 2.06. The summed E-state index contributed by atoms with van der Waals surface area (Å²) in [6, 6.07) is 4.89. The van der Waals surface area contributed by atoms with E-state index in [1.807, 2.05) is 0 Å². The summed E-state index contributed by atoms with van der Waals surface area (Å²) in [6.07, 6.45) is -2.95. The molecule has 0 spiro atoms. The van der Waals surface area contributed by atoms with Gasteiger partial charge in [0.05, 0.1) is 11.3 Å². The highest BCUT2D eigenvalue weighted by atomic mass is 19.4. The molecular formula is C11H8F3NO. The lowest BCUT2D eigenvalue weighted by Gasteiger charge is -2.06. The van der Waals surface area contributed by atoms with Crippen LogP contribution in [0.2, 0.25) is 0 Å². The van der Waals surface area contributed by atoms with Gasteiger partial charge < -0.3 is 4.42 Å². The maximum absolute atomic E-state index is 12.4. The summed E-state index contributed by atoms with van der Waals surface area (Å²) in [7, 11) is 0. The fraction of sp³-hybridized carbons (Fsp3) is 0.182. The van der Waals surface area contributed by atoms with Crippen LogP contribution in [-0.2, 0) is 6.18 Å². The van der Waals surface area contributed by atoms with Gasteiger partial charge in [0.1, 0.15) is 6.26 Å². The molecule has 5 heteroatoms. The Morgan fingerprint density at radius 1 is 1.25 bits per heavy atom. The molecule has 0 saturated carbocycles. The number of alkyl halides is 3. The van der Waals surface area contributed by atoms with Gasteiger partial charge in [0.2, 0.25) is 5.89 Å². The normalized spacial score (nSPS) is 11.8. The molecule has 0 amide bonds. The fourth-order valence-electron chi connectivity index (χ4n) is 1.32. The molecule has 84 valence electrons. The summed E-state index contributed by atoms with van der Waals surface area (Å²) in [5.41, 5.74) is 0.246. The first-order valence-electron chi connectivity index (χ1n) is 4.56. The minimum absolute atomic E-state index is 0.198. The van der Waals surface area contributed by atoms with E-state index in [4.69, 9.17) is 4.42 Å². The van der Waals surface area contributed by atoms with E-state index >= 15 is 0 Å². The van der Waals surface area contributed by atoms with Gasteiger partial charge in [-0.25, -0.2) is 4.98 Å². The van der Waals surface area contributed by atoms with Crippen molar-refractivity contribution >= 4 is 0 Å². The Balaban J connectivity index is 2.44. The molecule has 0 atom stereocenters. The number of nitrogens with zero attached hydrogens (tertiary/aromatic N) is 1. The number of hydrogen-bond acceptors (Lipinski definition) is 2. The number of oxazole rings is 1. The Morgan fingerprint density at radius 3 is 2.56 bits per heavy atom. The quantitative estimate of drug-likeness (QED) is 0.742. The molecule has 1 heterocycles. The maximum Gasteiger partial charge on any atom is 0.416 e. The van der Waals surface area contributed by atoms with Crippen LogP contribution in [0.25, 0.3) is 11.5 Å². The molecule has 2 aromatic rings. The third-order valence-corrected chi connectivity index (χ3v) is 2.06. The van der Waals surface area contributed by atoms with Crippen LogP contribution < -0.4 is 0 Å². The van der Waals surface area contributed by atoms with Crippen molar-refractivity contribution in [2.24, 2.45) is 0 Å². The van der Waals surface area contributed by atoms with Crippen LogP contribution in [0.1, 0.15) is 11.3 Å². The summed E-state index contributed by atoms with van der Waals surface area (Å²) in [4.78, 5) is 3.97. The molecule has 0 unspecified atom stereocenters. The predicted octanol–water partition coefficient (Wildman–Crippen LogP) is 3.67. The molecule has 0 radical (unpaired) electrons. The van der Waals surface area contributed by atoms with Gasteiger partial charge in [-0.05, 0) is 25.1 Å². The highest BCUT2D eigenvalue weighted by Gasteiger charge is 2.30. The van der Waals surface area contributed by atoms with E-state index in [0.29, 0.717) is 11.3 Å². The van der Waals surface area contributed by atoms with Crippen LogP contribution in [0, 0.1) is 6.92 Å². The molecule has 1 aromatic carbocycles. The van der Waals surface area contributed by atoms with Crippen molar-refractivity contribution in [1.82, 2.24) is 4.98 Å². The van der Waals surface area contributed by atoms with Crippen molar-refractivity contribution < 1.29 is 17.6 Å². The Kier molecular flexibility index (Phi) is 2.46. The molecular weight excluding hydrogens is 219 g/mol. The molecule has 0 fully saturated rings. The summed E-state index contributed by atoms with van der Waals surface area (Å²) >= 11 is 0. The van der Waals surface area contributed by atoms with Gasteiger partial charge in [0.25, 0.3) is 0 Å². The molecule has 0 N–H and O–H groups in total. The van der Waals surface area contributed by atoms with Crippen molar-refractivity contribution in [3.05, 3.63) is 41.8 Å². The Bertz CT molecular complexity index is 502. The van der Waals surface area contributed by atoms with Crippen molar-refractivity contribution in [2.45, 2.75) is 13.1 Å². The monoisotopic (exact) mass is 227 g/mol. The van der Waals surface area contributed by atoms with Crippen molar-refractivity contribution in [3.8, 4) is 11.5 Å². The SMILES string of the molecule is Cc1coc(-c2cccc(C(F)(F)F)c2)n1. The minimum Gasteiger partial charge on any atom is -0.444 e. The van der Waals surface area contributed by atoms with E-state index in [9.17, 15) is 13.2 Å². The van der Waals surface area contributed by atoms with Crippen LogP contribution in [0.15, 0.2) is 34.9 Å². The van der Waals surface area contributed by atoms with Crippen LogP contribution in [0.4, 0.5) is 13.2 Å². The highest BCUT2D eigenvalue weighted by molar-refractivity contribution is 5.54. The molecule has 0 saturated heterocycles. The van der Waals surface area contributed by atoms with E-state index in [1.54, 1.807) is 6.92 Å². The van der Waals surface area contributed by atoms with Gasteiger partial charge in [-0.15, -0.1) is 0 Å². The van der Waals surface area contributed by atoms with E-state index < -0.39 is 11.7 Å². The third kappa shape index (κ3) is 2.08. The molecule has 0 aliphatic heterocycles. The Morgan fingerprint density at radius 2 is 2.00 bits per heavy atom. The molecule has 0 aliphatic carbocycles. The lowest BCUT2D eigenvalue weighted by Crippen LogP contribution is -2.04. The Hall–Kier alpha value is -1.78. The summed E-state index contributed by atoms with van der Waals surface area (Å²) in [5, 5.41) is 0. The average molecular weight is 227 g/mol. The average Bonchev–Trinajstić information content (AvgIpc) is 2.64. The van der Waals surface area contributed by atoms with Gasteiger partial charge in [-0.3, -0.25) is 0 Å². The van der Waals surface area contributed by atoms with E-state index in [-0.39, 0.29) is 5.89 Å².